The maximum absolute atomic E-state index is 12.6. The highest BCUT2D eigenvalue weighted by Gasteiger charge is 2.41. The predicted molar refractivity (Wildman–Crippen MR) is 117 cm³/mol. The number of esters is 1. The van der Waals surface area contributed by atoms with E-state index in [1.54, 1.807) is 25.3 Å². The zero-order valence-corrected chi connectivity index (χ0v) is 17.6. The first kappa shape index (κ1) is 19.7. The molecule has 1 N–H and O–H groups in total. The Hall–Kier alpha value is -3.28. The Bertz CT molecular complexity index is 1090. The Kier molecular flexibility index (Phi) is 4.93. The Morgan fingerprint density at radius 1 is 1.10 bits per heavy atom. The Morgan fingerprint density at radius 3 is 2.68 bits per heavy atom. The zero-order chi connectivity index (χ0) is 21.5. The molecule has 2 aliphatic carbocycles. The average molecular weight is 419 g/mol. The van der Waals surface area contributed by atoms with Crippen molar-refractivity contribution in [3.8, 4) is 17.2 Å². The van der Waals surface area contributed by atoms with Crippen LogP contribution >= 0.6 is 0 Å². The van der Waals surface area contributed by atoms with Gasteiger partial charge < -0.3 is 19.5 Å². The number of hydrogen-bond donors (Lipinski definition) is 1. The topological polar surface area (TPSA) is 73.9 Å². The van der Waals surface area contributed by atoms with Crippen molar-refractivity contribution in [2.75, 3.05) is 12.4 Å². The molecule has 160 valence electrons. The molecule has 0 aromatic heterocycles. The third kappa shape index (κ3) is 3.78. The molecule has 6 nitrogen and oxygen atoms in total. The summed E-state index contributed by atoms with van der Waals surface area (Å²) >= 11 is 0. The van der Waals surface area contributed by atoms with Crippen LogP contribution in [0.2, 0.25) is 0 Å². The first-order chi connectivity index (χ1) is 15.0. The Morgan fingerprint density at radius 2 is 1.97 bits per heavy atom. The molecule has 3 atom stereocenters. The summed E-state index contributed by atoms with van der Waals surface area (Å²) < 4.78 is 17.1. The van der Waals surface area contributed by atoms with Crippen LogP contribution in [0.15, 0.2) is 36.4 Å². The molecule has 0 saturated heterocycles. The standard InChI is InChI=1S/C25H25NO5/c1-14(27)30-18-6-7-21-19(13-18)20(25(28)26-21)10-16-4-8-22(29-2)24(12-16)31-23-11-15-3-5-17(23)9-15/h4,6-8,10,12-13,15,17,23H,3,5,9,11H2,1-2H3,(H,26,28)/b20-10-/t15-,17+,23+/m1/s1. The molecule has 1 amide bonds. The van der Waals surface area contributed by atoms with Crippen LogP contribution in [-0.2, 0) is 9.59 Å². The summed E-state index contributed by atoms with van der Waals surface area (Å²) in [7, 11) is 1.64. The molecule has 2 bridgehead atoms. The summed E-state index contributed by atoms with van der Waals surface area (Å²) in [6, 6.07) is 10.8. The maximum Gasteiger partial charge on any atom is 0.308 e. The number of rotatable bonds is 5. The van der Waals surface area contributed by atoms with Gasteiger partial charge in [0.15, 0.2) is 11.5 Å². The molecule has 31 heavy (non-hydrogen) atoms. The van der Waals surface area contributed by atoms with Crippen LogP contribution in [0.1, 0.15) is 43.7 Å². The summed E-state index contributed by atoms with van der Waals surface area (Å²) in [5.74, 6) is 2.63. The number of hydrogen-bond acceptors (Lipinski definition) is 5. The minimum absolute atomic E-state index is 0.193. The van der Waals surface area contributed by atoms with Crippen LogP contribution in [0.3, 0.4) is 0 Å². The third-order valence-corrected chi connectivity index (χ3v) is 6.49. The SMILES string of the molecule is COc1ccc(/C=C2\C(=O)Nc3ccc(OC(C)=O)cc32)cc1O[C@H]1C[C@@H]2CC[C@H]1C2. The molecule has 0 unspecified atom stereocenters. The van der Waals surface area contributed by atoms with Crippen molar-refractivity contribution in [1.29, 1.82) is 0 Å². The number of carbonyl (C=O) groups is 2. The number of ether oxygens (including phenoxy) is 3. The molecule has 0 spiro atoms. The molecule has 2 aromatic rings. The molecule has 6 heteroatoms. The Labute approximate surface area is 181 Å². The van der Waals surface area contributed by atoms with Crippen molar-refractivity contribution in [2.24, 2.45) is 11.8 Å². The number of amides is 1. The van der Waals surface area contributed by atoms with E-state index in [0.29, 0.717) is 40.0 Å². The largest absolute Gasteiger partial charge is 0.493 e. The van der Waals surface area contributed by atoms with E-state index < -0.39 is 5.97 Å². The summed E-state index contributed by atoms with van der Waals surface area (Å²) in [5, 5.41) is 2.86. The maximum atomic E-state index is 12.6. The minimum atomic E-state index is -0.402. The van der Waals surface area contributed by atoms with Gasteiger partial charge in [-0.3, -0.25) is 9.59 Å². The lowest BCUT2D eigenvalue weighted by molar-refractivity contribution is -0.131. The number of nitrogens with one attached hydrogen (secondary N) is 1. The lowest BCUT2D eigenvalue weighted by Gasteiger charge is -2.24. The third-order valence-electron chi connectivity index (χ3n) is 6.49. The molecule has 3 aliphatic rings. The molecule has 1 heterocycles. The fraction of sp³-hybridized carbons (Fsp3) is 0.360. The minimum Gasteiger partial charge on any atom is -0.493 e. The van der Waals surface area contributed by atoms with Gasteiger partial charge in [-0.25, -0.2) is 0 Å². The number of methoxy groups -OCH3 is 1. The van der Waals surface area contributed by atoms with Gasteiger partial charge in [-0.15, -0.1) is 0 Å². The first-order valence-electron chi connectivity index (χ1n) is 10.7. The van der Waals surface area contributed by atoms with E-state index in [2.05, 4.69) is 5.32 Å². The first-order valence-corrected chi connectivity index (χ1v) is 10.7. The van der Waals surface area contributed by atoms with E-state index in [-0.39, 0.29) is 12.0 Å². The molecule has 0 radical (unpaired) electrons. The van der Waals surface area contributed by atoms with Gasteiger partial charge in [-0.05, 0) is 79.5 Å². The highest BCUT2D eigenvalue weighted by molar-refractivity contribution is 6.35. The molecule has 5 rings (SSSR count). The van der Waals surface area contributed by atoms with E-state index in [4.69, 9.17) is 14.2 Å². The molecule has 2 fully saturated rings. The van der Waals surface area contributed by atoms with E-state index in [1.165, 1.54) is 26.2 Å². The van der Waals surface area contributed by atoms with Gasteiger partial charge in [0.25, 0.3) is 5.91 Å². The number of benzene rings is 2. The van der Waals surface area contributed by atoms with Gasteiger partial charge in [0, 0.05) is 23.7 Å². The van der Waals surface area contributed by atoms with Crippen molar-refractivity contribution < 1.29 is 23.8 Å². The molecular formula is C25H25NO5. The molecule has 2 saturated carbocycles. The van der Waals surface area contributed by atoms with Crippen LogP contribution in [0.4, 0.5) is 5.69 Å². The van der Waals surface area contributed by atoms with Crippen molar-refractivity contribution >= 4 is 29.2 Å². The average Bonchev–Trinajstić information content (AvgIpc) is 3.43. The zero-order valence-electron chi connectivity index (χ0n) is 17.6. The van der Waals surface area contributed by atoms with Gasteiger partial charge in [-0.1, -0.05) is 6.07 Å². The molecular weight excluding hydrogens is 394 g/mol. The van der Waals surface area contributed by atoms with E-state index in [0.717, 1.165) is 17.9 Å². The fourth-order valence-corrected chi connectivity index (χ4v) is 5.08. The summed E-state index contributed by atoms with van der Waals surface area (Å²) in [6.45, 7) is 1.35. The summed E-state index contributed by atoms with van der Waals surface area (Å²) in [6.07, 6.45) is 6.98. The smallest absolute Gasteiger partial charge is 0.308 e. The van der Waals surface area contributed by atoms with Crippen molar-refractivity contribution in [3.05, 3.63) is 47.5 Å². The normalized spacial score (nSPS) is 24.8. The van der Waals surface area contributed by atoms with Crippen LogP contribution in [-0.4, -0.2) is 25.1 Å². The second-order valence-corrected chi connectivity index (χ2v) is 8.55. The Balaban J connectivity index is 1.45. The van der Waals surface area contributed by atoms with Crippen LogP contribution in [0.25, 0.3) is 11.6 Å². The number of carbonyl (C=O) groups excluding carboxylic acids is 2. The van der Waals surface area contributed by atoms with E-state index >= 15 is 0 Å². The lowest BCUT2D eigenvalue weighted by Crippen LogP contribution is -2.23. The van der Waals surface area contributed by atoms with E-state index in [1.807, 2.05) is 24.3 Å². The molecule has 1 aliphatic heterocycles. The fourth-order valence-electron chi connectivity index (χ4n) is 5.08. The number of fused-ring (bicyclic) bond motifs is 3. The van der Waals surface area contributed by atoms with Crippen LogP contribution in [0.5, 0.6) is 17.2 Å². The van der Waals surface area contributed by atoms with Crippen LogP contribution in [0, 0.1) is 11.8 Å². The van der Waals surface area contributed by atoms with Gasteiger partial charge in [-0.2, -0.15) is 0 Å². The van der Waals surface area contributed by atoms with Crippen molar-refractivity contribution in [1.82, 2.24) is 0 Å². The van der Waals surface area contributed by atoms with Gasteiger partial charge in [0.1, 0.15) is 11.9 Å². The summed E-state index contributed by atoms with van der Waals surface area (Å²) in [4.78, 5) is 23.9. The van der Waals surface area contributed by atoms with Gasteiger partial charge in [0.2, 0.25) is 0 Å². The monoisotopic (exact) mass is 419 g/mol. The highest BCUT2D eigenvalue weighted by Crippen LogP contribution is 2.47. The van der Waals surface area contributed by atoms with E-state index in [9.17, 15) is 9.59 Å². The molecule has 2 aromatic carbocycles. The van der Waals surface area contributed by atoms with Crippen LogP contribution < -0.4 is 19.5 Å². The second-order valence-electron chi connectivity index (χ2n) is 8.55. The van der Waals surface area contributed by atoms with Crippen molar-refractivity contribution in [2.45, 2.75) is 38.7 Å². The highest BCUT2D eigenvalue weighted by atomic mass is 16.5. The summed E-state index contributed by atoms with van der Waals surface area (Å²) in [5.41, 5.74) is 2.75. The lowest BCUT2D eigenvalue weighted by atomic mass is 9.97. The number of anilines is 1. The van der Waals surface area contributed by atoms with Gasteiger partial charge >= 0.3 is 5.97 Å². The second kappa shape index (κ2) is 7.76. The van der Waals surface area contributed by atoms with Crippen molar-refractivity contribution in [3.63, 3.8) is 0 Å². The van der Waals surface area contributed by atoms with Gasteiger partial charge in [0.05, 0.1) is 7.11 Å². The quantitative estimate of drug-likeness (QED) is 0.433. The predicted octanol–water partition coefficient (Wildman–Crippen LogP) is 4.68.